The van der Waals surface area contributed by atoms with Crippen molar-refractivity contribution in [2.24, 2.45) is 0 Å². The molecule has 1 aliphatic rings. The number of ether oxygens (including phenoxy) is 2. The Hall–Kier alpha value is -3.45. The number of benzene rings is 3. The van der Waals surface area contributed by atoms with Gasteiger partial charge in [0.1, 0.15) is 18.5 Å². The molecule has 2 atom stereocenters. The summed E-state index contributed by atoms with van der Waals surface area (Å²) in [6.07, 6.45) is -0.664. The molecule has 1 amide bonds. The first-order valence-corrected chi connectivity index (χ1v) is 13.8. The number of carbonyl (C=O) groups is 2. The molecular formula is C26H26FNO4Si. The molecular weight excluding hydrogens is 437 g/mol. The molecule has 1 heterocycles. The molecule has 0 aromatic heterocycles. The first kappa shape index (κ1) is 22.7. The van der Waals surface area contributed by atoms with Crippen LogP contribution in [0.5, 0.6) is 0 Å². The maximum Gasteiger partial charge on any atom is 0.415 e. The van der Waals surface area contributed by atoms with E-state index in [9.17, 15) is 14.0 Å². The van der Waals surface area contributed by atoms with Crippen LogP contribution in [0.4, 0.5) is 14.9 Å². The summed E-state index contributed by atoms with van der Waals surface area (Å²) in [6, 6.07) is 22.5. The average Bonchev–Trinajstić information content (AvgIpc) is 3.18. The molecule has 0 unspecified atom stereocenters. The first-order chi connectivity index (χ1) is 15.8. The number of esters is 1. The van der Waals surface area contributed by atoms with E-state index in [4.69, 9.17) is 9.47 Å². The van der Waals surface area contributed by atoms with Crippen LogP contribution in [0.3, 0.4) is 0 Å². The van der Waals surface area contributed by atoms with Crippen molar-refractivity contribution in [3.05, 3.63) is 95.8 Å². The number of carbonyl (C=O) groups excluding carboxylic acids is 2. The van der Waals surface area contributed by atoms with Crippen molar-refractivity contribution in [3.8, 4) is 0 Å². The Labute approximate surface area is 193 Å². The third-order valence-electron chi connectivity index (χ3n) is 6.32. The monoisotopic (exact) mass is 463 g/mol. The van der Waals surface area contributed by atoms with Gasteiger partial charge in [-0.3, -0.25) is 4.90 Å². The largest absolute Gasteiger partial charge is 0.467 e. The van der Waals surface area contributed by atoms with E-state index < -0.39 is 37.5 Å². The normalized spacial score (nSPS) is 17.4. The van der Waals surface area contributed by atoms with E-state index in [1.54, 1.807) is 6.07 Å². The Bertz CT molecular complexity index is 1150. The van der Waals surface area contributed by atoms with Crippen LogP contribution >= 0.6 is 0 Å². The quantitative estimate of drug-likeness (QED) is 0.404. The van der Waals surface area contributed by atoms with Crippen LogP contribution in [-0.2, 0) is 20.9 Å². The van der Waals surface area contributed by atoms with Gasteiger partial charge in [0.05, 0.1) is 20.9 Å². The van der Waals surface area contributed by atoms with Gasteiger partial charge in [-0.05, 0) is 29.3 Å². The number of anilines is 1. The summed E-state index contributed by atoms with van der Waals surface area (Å²) in [5, 5.41) is 1.10. The predicted molar refractivity (Wildman–Crippen MR) is 128 cm³/mol. The van der Waals surface area contributed by atoms with Gasteiger partial charge in [-0.25, -0.2) is 14.0 Å². The van der Waals surface area contributed by atoms with Gasteiger partial charge in [-0.15, -0.1) is 0 Å². The molecule has 33 heavy (non-hydrogen) atoms. The number of methoxy groups -OCH3 is 1. The maximum absolute atomic E-state index is 14.4. The highest BCUT2D eigenvalue weighted by molar-refractivity contribution is 6.91. The van der Waals surface area contributed by atoms with E-state index in [1.165, 1.54) is 24.1 Å². The lowest BCUT2D eigenvalue weighted by Gasteiger charge is -2.35. The molecule has 3 aromatic carbocycles. The van der Waals surface area contributed by atoms with Crippen LogP contribution in [0.1, 0.15) is 16.7 Å². The minimum Gasteiger partial charge on any atom is -0.467 e. The lowest BCUT2D eigenvalue weighted by molar-refractivity contribution is -0.142. The van der Waals surface area contributed by atoms with Crippen molar-refractivity contribution in [1.29, 1.82) is 0 Å². The summed E-state index contributed by atoms with van der Waals surface area (Å²) in [5.74, 6) is -0.968. The lowest BCUT2D eigenvalue weighted by Crippen LogP contribution is -2.56. The summed E-state index contributed by atoms with van der Waals surface area (Å²) in [6.45, 7) is 4.30. The van der Waals surface area contributed by atoms with E-state index in [0.717, 1.165) is 10.8 Å². The Morgan fingerprint density at radius 3 is 2.24 bits per heavy atom. The molecule has 0 saturated carbocycles. The molecule has 170 valence electrons. The highest BCUT2D eigenvalue weighted by Gasteiger charge is 2.54. The highest BCUT2D eigenvalue weighted by atomic mass is 28.3. The molecule has 7 heteroatoms. The minimum absolute atomic E-state index is 0.0603. The Morgan fingerprint density at radius 1 is 0.970 bits per heavy atom. The van der Waals surface area contributed by atoms with Crippen molar-refractivity contribution < 1.29 is 23.5 Å². The van der Waals surface area contributed by atoms with Crippen LogP contribution in [0.2, 0.25) is 13.1 Å². The van der Waals surface area contributed by atoms with E-state index >= 15 is 0 Å². The zero-order valence-electron chi connectivity index (χ0n) is 18.8. The maximum atomic E-state index is 14.4. The summed E-state index contributed by atoms with van der Waals surface area (Å²) in [4.78, 5) is 27.8. The molecule has 0 bridgehead atoms. The fourth-order valence-electron chi connectivity index (χ4n) is 4.66. The number of nitrogens with zero attached hydrogens (tertiary/aromatic N) is 1. The number of amides is 1. The fraction of sp³-hybridized carbons (Fsp3) is 0.231. The van der Waals surface area contributed by atoms with E-state index in [2.05, 4.69) is 13.1 Å². The average molecular weight is 464 g/mol. The summed E-state index contributed by atoms with van der Waals surface area (Å²) >= 11 is 0. The van der Waals surface area contributed by atoms with Crippen LogP contribution in [0.15, 0.2) is 78.9 Å². The van der Waals surface area contributed by atoms with Crippen molar-refractivity contribution in [3.63, 3.8) is 0 Å². The van der Waals surface area contributed by atoms with E-state index in [-0.39, 0.29) is 6.61 Å². The number of rotatable bonds is 5. The molecule has 3 aromatic rings. The molecule has 0 N–H and O–H groups in total. The van der Waals surface area contributed by atoms with Gasteiger partial charge in [0, 0.05) is 5.54 Å². The molecule has 0 radical (unpaired) electrons. The zero-order valence-corrected chi connectivity index (χ0v) is 19.8. The summed E-state index contributed by atoms with van der Waals surface area (Å²) in [5.41, 5.74) is 1.52. The molecule has 0 aliphatic carbocycles. The van der Waals surface area contributed by atoms with Crippen molar-refractivity contribution in [1.82, 2.24) is 0 Å². The Balaban J connectivity index is 1.78. The first-order valence-electron chi connectivity index (χ1n) is 10.8. The van der Waals surface area contributed by atoms with Crippen LogP contribution < -0.4 is 10.1 Å². The Morgan fingerprint density at radius 2 is 1.61 bits per heavy atom. The predicted octanol–water partition coefficient (Wildman–Crippen LogP) is 4.76. The second-order valence-electron chi connectivity index (χ2n) is 8.65. The summed E-state index contributed by atoms with van der Waals surface area (Å²) < 4.78 is 25.1. The van der Waals surface area contributed by atoms with Gasteiger partial charge in [0.2, 0.25) is 0 Å². The molecule has 0 saturated heterocycles. The Kier molecular flexibility index (Phi) is 6.33. The van der Waals surface area contributed by atoms with Crippen LogP contribution in [0, 0.1) is 5.82 Å². The van der Waals surface area contributed by atoms with Gasteiger partial charge in [0.15, 0.2) is 0 Å². The van der Waals surface area contributed by atoms with Crippen LogP contribution in [-0.4, -0.2) is 33.3 Å². The smallest absolute Gasteiger partial charge is 0.415 e. The number of halogens is 1. The van der Waals surface area contributed by atoms with Gasteiger partial charge in [-0.1, -0.05) is 78.9 Å². The highest BCUT2D eigenvalue weighted by Crippen LogP contribution is 2.46. The zero-order chi connectivity index (χ0) is 23.6. The van der Waals surface area contributed by atoms with Crippen LogP contribution in [0.25, 0.3) is 0 Å². The minimum atomic E-state index is -2.45. The van der Waals surface area contributed by atoms with Crippen molar-refractivity contribution in [2.75, 3.05) is 12.0 Å². The van der Waals surface area contributed by atoms with Gasteiger partial charge in [0.25, 0.3) is 0 Å². The van der Waals surface area contributed by atoms with Gasteiger partial charge in [-0.2, -0.15) is 0 Å². The lowest BCUT2D eigenvalue weighted by atomic mass is 10.1. The number of hydrogen-bond acceptors (Lipinski definition) is 4. The third kappa shape index (κ3) is 4.28. The SMILES string of the molecule is COC(=O)[C@H]1[C@H]([Si](C)(C)c2ccccc2)c2cc(F)ccc2N1C(=O)OCc1ccccc1. The molecule has 4 rings (SSSR count). The molecule has 1 aliphatic heterocycles. The van der Waals surface area contributed by atoms with Gasteiger partial charge >= 0.3 is 12.1 Å². The molecule has 0 spiro atoms. The molecule has 0 fully saturated rings. The standard InChI is InChI=1S/C26H26FNO4Si/c1-31-25(29)23-24(33(2,3)20-12-8-5-9-13-20)21-16-19(27)14-15-22(21)28(23)26(30)32-17-18-10-6-4-7-11-18/h4-16,23-24H,17H2,1-3H3/t23-,24-/m1/s1. The van der Waals surface area contributed by atoms with E-state index in [1.807, 2.05) is 60.7 Å². The van der Waals surface area contributed by atoms with Gasteiger partial charge < -0.3 is 9.47 Å². The second kappa shape index (κ2) is 9.19. The summed E-state index contributed by atoms with van der Waals surface area (Å²) in [7, 11) is -1.16. The van der Waals surface area contributed by atoms with Crippen molar-refractivity contribution >= 4 is 31.0 Å². The third-order valence-corrected chi connectivity index (χ3v) is 10.3. The fourth-order valence-corrected chi connectivity index (χ4v) is 8.15. The second-order valence-corrected chi connectivity index (χ2v) is 13.3. The van der Waals surface area contributed by atoms with E-state index in [0.29, 0.717) is 11.3 Å². The number of fused-ring (bicyclic) bond motifs is 1. The van der Waals surface area contributed by atoms with Crippen molar-refractivity contribution in [2.45, 2.75) is 31.3 Å². The topological polar surface area (TPSA) is 55.8 Å². The molecule has 5 nitrogen and oxygen atoms in total. The number of hydrogen-bond donors (Lipinski definition) is 0.